The van der Waals surface area contributed by atoms with Crippen molar-refractivity contribution < 1.29 is 14.3 Å². The Morgan fingerprint density at radius 2 is 2.19 bits per heavy atom. The first-order valence-corrected chi connectivity index (χ1v) is 5.28. The van der Waals surface area contributed by atoms with Crippen LogP contribution in [0.1, 0.15) is 19.3 Å². The number of hydrogen-bond donors (Lipinski definition) is 1. The largest absolute Gasteiger partial charge is 0.396 e. The predicted molar refractivity (Wildman–Crippen MR) is 60.7 cm³/mol. The van der Waals surface area contributed by atoms with Crippen LogP contribution in [0.5, 0.6) is 0 Å². The van der Waals surface area contributed by atoms with E-state index in [2.05, 4.69) is 0 Å². The second-order valence-corrected chi connectivity index (χ2v) is 3.61. The van der Waals surface area contributed by atoms with Gasteiger partial charge < -0.3 is 10.0 Å². The number of amides is 1. The van der Waals surface area contributed by atoms with Crippen LogP contribution in [0.25, 0.3) is 0 Å². The zero-order valence-corrected chi connectivity index (χ0v) is 9.32. The first kappa shape index (κ1) is 12.6. The number of rotatable bonds is 5. The van der Waals surface area contributed by atoms with E-state index in [1.54, 1.807) is 19.2 Å². The third kappa shape index (κ3) is 3.62. The highest BCUT2D eigenvalue weighted by Crippen LogP contribution is 2.15. The van der Waals surface area contributed by atoms with E-state index in [1.807, 2.05) is 0 Å². The summed E-state index contributed by atoms with van der Waals surface area (Å²) >= 11 is 0. The zero-order chi connectivity index (χ0) is 12.0. The fourth-order valence-electron chi connectivity index (χ4n) is 1.38. The van der Waals surface area contributed by atoms with Crippen LogP contribution >= 0.6 is 0 Å². The van der Waals surface area contributed by atoms with Crippen LogP contribution < -0.4 is 4.90 Å². The quantitative estimate of drug-likeness (QED) is 0.778. The minimum atomic E-state index is -0.354. The lowest BCUT2D eigenvalue weighted by Crippen LogP contribution is -2.25. The monoisotopic (exact) mass is 225 g/mol. The number of carbonyl (C=O) groups is 1. The SMILES string of the molecule is CN(C(=O)CCCCO)c1cccc(F)c1. The molecule has 16 heavy (non-hydrogen) atoms. The van der Waals surface area contributed by atoms with Gasteiger partial charge in [-0.2, -0.15) is 0 Å². The molecule has 0 radical (unpaired) electrons. The van der Waals surface area contributed by atoms with Crippen LogP contribution in [0.2, 0.25) is 0 Å². The second-order valence-electron chi connectivity index (χ2n) is 3.61. The summed E-state index contributed by atoms with van der Waals surface area (Å²) in [5, 5.41) is 8.60. The van der Waals surface area contributed by atoms with E-state index in [-0.39, 0.29) is 18.3 Å². The molecule has 0 atom stereocenters. The number of carbonyl (C=O) groups excluding carboxylic acids is 1. The molecule has 0 fully saturated rings. The van der Waals surface area contributed by atoms with Crippen molar-refractivity contribution in [3.8, 4) is 0 Å². The van der Waals surface area contributed by atoms with Gasteiger partial charge >= 0.3 is 0 Å². The average molecular weight is 225 g/mol. The van der Waals surface area contributed by atoms with Gasteiger partial charge in [-0.15, -0.1) is 0 Å². The first-order chi connectivity index (χ1) is 7.65. The number of benzene rings is 1. The van der Waals surface area contributed by atoms with Crippen LogP contribution in [0.3, 0.4) is 0 Å². The molecule has 3 nitrogen and oxygen atoms in total. The fraction of sp³-hybridized carbons (Fsp3) is 0.417. The molecule has 0 bridgehead atoms. The number of halogens is 1. The molecule has 0 aliphatic rings. The molecule has 1 rings (SSSR count). The lowest BCUT2D eigenvalue weighted by Gasteiger charge is -2.17. The van der Waals surface area contributed by atoms with Gasteiger partial charge in [-0.3, -0.25) is 4.79 Å². The Labute approximate surface area is 94.5 Å². The standard InChI is InChI=1S/C12H16FNO2/c1-14(12(16)7-2-3-8-15)11-6-4-5-10(13)9-11/h4-6,9,15H,2-3,7-8H2,1H3. The predicted octanol–water partition coefficient (Wildman–Crippen LogP) is 1.95. The Hall–Kier alpha value is -1.42. The van der Waals surface area contributed by atoms with E-state index in [9.17, 15) is 9.18 Å². The van der Waals surface area contributed by atoms with Crippen LogP contribution in [-0.2, 0) is 4.79 Å². The maximum absolute atomic E-state index is 12.9. The van der Waals surface area contributed by atoms with E-state index < -0.39 is 0 Å². The molecule has 1 aromatic carbocycles. The van der Waals surface area contributed by atoms with Crippen molar-refractivity contribution in [1.82, 2.24) is 0 Å². The molecule has 1 N–H and O–H groups in total. The molecule has 0 aromatic heterocycles. The summed E-state index contributed by atoms with van der Waals surface area (Å²) in [6.45, 7) is 0.0942. The Morgan fingerprint density at radius 1 is 1.44 bits per heavy atom. The average Bonchev–Trinajstić information content (AvgIpc) is 2.28. The lowest BCUT2D eigenvalue weighted by atomic mass is 10.2. The van der Waals surface area contributed by atoms with E-state index in [1.165, 1.54) is 17.0 Å². The lowest BCUT2D eigenvalue weighted by molar-refractivity contribution is -0.118. The topological polar surface area (TPSA) is 40.5 Å². The smallest absolute Gasteiger partial charge is 0.226 e. The van der Waals surface area contributed by atoms with Gasteiger partial charge in [0.15, 0.2) is 0 Å². The zero-order valence-electron chi connectivity index (χ0n) is 9.32. The van der Waals surface area contributed by atoms with E-state index >= 15 is 0 Å². The van der Waals surface area contributed by atoms with Crippen LogP contribution in [-0.4, -0.2) is 24.7 Å². The minimum Gasteiger partial charge on any atom is -0.396 e. The van der Waals surface area contributed by atoms with Crippen LogP contribution in [0.15, 0.2) is 24.3 Å². The van der Waals surface area contributed by atoms with E-state index in [4.69, 9.17) is 5.11 Å². The van der Waals surface area contributed by atoms with Crippen molar-refractivity contribution >= 4 is 11.6 Å². The maximum Gasteiger partial charge on any atom is 0.226 e. The molecule has 0 saturated carbocycles. The molecule has 1 aromatic rings. The van der Waals surface area contributed by atoms with Gasteiger partial charge in [-0.1, -0.05) is 6.07 Å². The van der Waals surface area contributed by atoms with Gasteiger partial charge in [0.1, 0.15) is 5.82 Å². The summed E-state index contributed by atoms with van der Waals surface area (Å²) in [7, 11) is 1.62. The van der Waals surface area contributed by atoms with Crippen molar-refractivity contribution in [2.24, 2.45) is 0 Å². The Morgan fingerprint density at radius 3 is 2.81 bits per heavy atom. The molecule has 0 spiro atoms. The van der Waals surface area contributed by atoms with E-state index in [0.29, 0.717) is 24.9 Å². The Balaban J connectivity index is 2.56. The summed E-state index contributed by atoms with van der Waals surface area (Å²) in [4.78, 5) is 13.1. The summed E-state index contributed by atoms with van der Waals surface area (Å²) in [5.41, 5.74) is 0.550. The van der Waals surface area contributed by atoms with Crippen molar-refractivity contribution in [2.45, 2.75) is 19.3 Å². The van der Waals surface area contributed by atoms with Gasteiger partial charge in [-0.05, 0) is 31.0 Å². The Kier molecular flexibility index (Phi) is 4.92. The van der Waals surface area contributed by atoms with Crippen molar-refractivity contribution in [3.63, 3.8) is 0 Å². The molecule has 1 amide bonds. The third-order valence-corrected chi connectivity index (χ3v) is 2.37. The highest BCUT2D eigenvalue weighted by Gasteiger charge is 2.10. The van der Waals surface area contributed by atoms with Crippen molar-refractivity contribution in [2.75, 3.05) is 18.6 Å². The molecule has 4 heteroatoms. The molecular weight excluding hydrogens is 209 g/mol. The number of anilines is 1. The molecule has 0 heterocycles. The van der Waals surface area contributed by atoms with Crippen LogP contribution in [0.4, 0.5) is 10.1 Å². The van der Waals surface area contributed by atoms with Gasteiger partial charge in [0.2, 0.25) is 5.91 Å². The van der Waals surface area contributed by atoms with Gasteiger partial charge in [0, 0.05) is 25.8 Å². The summed E-state index contributed by atoms with van der Waals surface area (Å²) in [6, 6.07) is 5.92. The molecular formula is C12H16FNO2. The van der Waals surface area contributed by atoms with Crippen molar-refractivity contribution in [1.29, 1.82) is 0 Å². The number of nitrogens with zero attached hydrogens (tertiary/aromatic N) is 1. The van der Waals surface area contributed by atoms with Crippen LogP contribution in [0, 0.1) is 5.82 Å². The number of aliphatic hydroxyl groups is 1. The maximum atomic E-state index is 12.9. The van der Waals surface area contributed by atoms with E-state index in [0.717, 1.165) is 0 Å². The third-order valence-electron chi connectivity index (χ3n) is 2.37. The summed E-state index contributed by atoms with van der Waals surface area (Å²) in [5.74, 6) is -0.424. The molecule has 0 aliphatic carbocycles. The first-order valence-electron chi connectivity index (χ1n) is 5.28. The van der Waals surface area contributed by atoms with Gasteiger partial charge in [0.25, 0.3) is 0 Å². The fourth-order valence-corrected chi connectivity index (χ4v) is 1.38. The number of hydrogen-bond acceptors (Lipinski definition) is 2. The van der Waals surface area contributed by atoms with Gasteiger partial charge in [0.05, 0.1) is 0 Å². The highest BCUT2D eigenvalue weighted by atomic mass is 19.1. The number of unbranched alkanes of at least 4 members (excludes halogenated alkanes) is 1. The minimum absolute atomic E-state index is 0.0703. The summed E-state index contributed by atoms with van der Waals surface area (Å²) in [6.07, 6.45) is 1.63. The molecule has 0 aliphatic heterocycles. The molecule has 88 valence electrons. The van der Waals surface area contributed by atoms with Gasteiger partial charge in [-0.25, -0.2) is 4.39 Å². The highest BCUT2D eigenvalue weighted by molar-refractivity contribution is 5.92. The Bertz CT molecular complexity index is 355. The molecule has 0 unspecified atom stereocenters. The molecule has 0 saturated heterocycles. The van der Waals surface area contributed by atoms with Crippen molar-refractivity contribution in [3.05, 3.63) is 30.1 Å². The normalized spacial score (nSPS) is 10.2. The second kappa shape index (κ2) is 6.23. The summed E-state index contributed by atoms with van der Waals surface area (Å²) < 4.78 is 12.9. The number of aliphatic hydroxyl groups excluding tert-OH is 1.